The van der Waals surface area contributed by atoms with E-state index in [0.29, 0.717) is 34.5 Å². The number of aryl methyl sites for hydroxylation is 1. The van der Waals surface area contributed by atoms with Crippen molar-refractivity contribution >= 4 is 46.5 Å². The molecule has 206 valence electrons. The Labute approximate surface area is 229 Å². The summed E-state index contributed by atoms with van der Waals surface area (Å²) in [6.45, 7) is 5.77. The number of hydrogen-bond acceptors (Lipinski definition) is 7. The van der Waals surface area contributed by atoms with E-state index in [2.05, 4.69) is 15.6 Å². The van der Waals surface area contributed by atoms with Crippen LogP contribution in [0.5, 0.6) is 0 Å². The molecule has 1 saturated carbocycles. The van der Waals surface area contributed by atoms with Crippen LogP contribution in [0.2, 0.25) is 5.02 Å². The first-order valence-electron chi connectivity index (χ1n) is 12.6. The molecule has 0 radical (unpaired) electrons. The maximum absolute atomic E-state index is 13.8. The Kier molecular flexibility index (Phi) is 8.59. The van der Waals surface area contributed by atoms with Crippen molar-refractivity contribution in [3.63, 3.8) is 0 Å². The standard InChI is InChI=1S/C26H32ClFN4O5S/c1-14-20(13-33)38-24(29-14)21(31-23(35)22(34)30-16-9-10-17(27)18(28)12-16)19-6-4-5-11-32(19)25(36)37-26(2,3)15-7-8-15/h9-10,12,15,19,21,33H,4-8,11,13H2,1-3H3,(H,30,34)(H,31,35). The number of halogens is 2. The second kappa shape index (κ2) is 11.5. The molecule has 2 heterocycles. The average Bonchev–Trinajstić information content (AvgIpc) is 3.68. The summed E-state index contributed by atoms with van der Waals surface area (Å²) in [6.07, 6.45) is 3.69. The third-order valence-corrected chi connectivity index (χ3v) is 8.60. The second-order valence-electron chi connectivity index (χ2n) is 10.3. The monoisotopic (exact) mass is 566 g/mol. The second-order valence-corrected chi connectivity index (χ2v) is 11.8. The van der Waals surface area contributed by atoms with E-state index < -0.39 is 41.4 Å². The normalized spacial score (nSPS) is 18.6. The van der Waals surface area contributed by atoms with E-state index in [4.69, 9.17) is 16.3 Å². The Morgan fingerprint density at radius 3 is 2.63 bits per heavy atom. The van der Waals surface area contributed by atoms with Gasteiger partial charge < -0.3 is 25.4 Å². The number of aliphatic hydroxyl groups excluding tert-OH is 1. The largest absolute Gasteiger partial charge is 0.443 e. The highest BCUT2D eigenvalue weighted by Gasteiger charge is 2.44. The van der Waals surface area contributed by atoms with Crippen LogP contribution in [0.4, 0.5) is 14.9 Å². The number of carbonyl (C=O) groups excluding carboxylic acids is 3. The van der Waals surface area contributed by atoms with Gasteiger partial charge in [-0.15, -0.1) is 11.3 Å². The fraction of sp³-hybridized carbons (Fsp3) is 0.538. The average molecular weight is 567 g/mol. The molecule has 1 aromatic heterocycles. The number of piperidine rings is 1. The van der Waals surface area contributed by atoms with Crippen molar-refractivity contribution in [3.05, 3.63) is 44.6 Å². The van der Waals surface area contributed by atoms with Crippen LogP contribution in [0, 0.1) is 18.7 Å². The molecule has 4 rings (SSSR count). The summed E-state index contributed by atoms with van der Waals surface area (Å²) in [5, 5.41) is 15.2. The van der Waals surface area contributed by atoms with E-state index in [1.54, 1.807) is 11.8 Å². The maximum atomic E-state index is 13.8. The molecule has 38 heavy (non-hydrogen) atoms. The van der Waals surface area contributed by atoms with Gasteiger partial charge in [0.2, 0.25) is 0 Å². The van der Waals surface area contributed by atoms with E-state index in [1.165, 1.54) is 23.5 Å². The zero-order valence-electron chi connectivity index (χ0n) is 21.6. The molecule has 3 amide bonds. The highest BCUT2D eigenvalue weighted by atomic mass is 35.5. The SMILES string of the molecule is Cc1nc(C(NC(=O)C(=O)Nc2ccc(Cl)c(F)c2)C2CCCCN2C(=O)OC(C)(C)C2CC2)sc1CO. The minimum Gasteiger partial charge on any atom is -0.443 e. The minimum absolute atomic E-state index is 0.0708. The molecule has 1 aliphatic carbocycles. The molecule has 2 atom stereocenters. The molecule has 1 aromatic carbocycles. The Balaban J connectivity index is 1.58. The van der Waals surface area contributed by atoms with Gasteiger partial charge in [0.15, 0.2) is 0 Å². The number of aliphatic hydroxyl groups is 1. The number of likely N-dealkylation sites (tertiary alicyclic amines) is 1. The lowest BCUT2D eigenvalue weighted by Crippen LogP contribution is -2.53. The van der Waals surface area contributed by atoms with E-state index in [1.807, 2.05) is 13.8 Å². The van der Waals surface area contributed by atoms with Crippen LogP contribution in [-0.4, -0.2) is 51.1 Å². The highest BCUT2D eigenvalue weighted by Crippen LogP contribution is 2.42. The summed E-state index contributed by atoms with van der Waals surface area (Å²) in [5.74, 6) is -2.39. The smallest absolute Gasteiger partial charge is 0.410 e. The number of thiazole rings is 1. The number of carbonyl (C=O) groups is 3. The Morgan fingerprint density at radius 2 is 2.00 bits per heavy atom. The van der Waals surface area contributed by atoms with Crippen LogP contribution in [0.25, 0.3) is 0 Å². The van der Waals surface area contributed by atoms with Crippen molar-refractivity contribution in [2.75, 3.05) is 11.9 Å². The number of nitrogens with one attached hydrogen (secondary N) is 2. The molecule has 3 N–H and O–H groups in total. The molecule has 12 heteroatoms. The molecule has 2 unspecified atom stereocenters. The molecular formula is C26H32ClFN4O5S. The Morgan fingerprint density at radius 1 is 1.26 bits per heavy atom. The van der Waals surface area contributed by atoms with Gasteiger partial charge in [-0.2, -0.15) is 0 Å². The summed E-state index contributed by atoms with van der Waals surface area (Å²) < 4.78 is 19.7. The van der Waals surface area contributed by atoms with E-state index in [-0.39, 0.29) is 17.3 Å². The number of amides is 3. The Hall–Kier alpha value is -2.76. The summed E-state index contributed by atoms with van der Waals surface area (Å²) >= 11 is 6.91. The van der Waals surface area contributed by atoms with Crippen molar-refractivity contribution in [3.8, 4) is 0 Å². The van der Waals surface area contributed by atoms with Crippen LogP contribution in [-0.2, 0) is 20.9 Å². The van der Waals surface area contributed by atoms with Gasteiger partial charge in [-0.25, -0.2) is 14.2 Å². The summed E-state index contributed by atoms with van der Waals surface area (Å²) in [4.78, 5) is 45.9. The van der Waals surface area contributed by atoms with Gasteiger partial charge in [-0.05, 0) is 77.0 Å². The lowest BCUT2D eigenvalue weighted by molar-refractivity contribution is -0.137. The van der Waals surface area contributed by atoms with E-state index >= 15 is 0 Å². The van der Waals surface area contributed by atoms with Crippen LogP contribution < -0.4 is 10.6 Å². The molecule has 2 aliphatic rings. The zero-order chi connectivity index (χ0) is 27.6. The quantitative estimate of drug-likeness (QED) is 0.417. The Bertz CT molecular complexity index is 1220. The van der Waals surface area contributed by atoms with Crippen molar-refractivity contribution in [1.82, 2.24) is 15.2 Å². The molecule has 9 nitrogen and oxygen atoms in total. The molecule has 2 fully saturated rings. The first-order chi connectivity index (χ1) is 18.0. The predicted octanol–water partition coefficient (Wildman–Crippen LogP) is 4.71. The van der Waals surface area contributed by atoms with Gasteiger partial charge in [0, 0.05) is 12.2 Å². The lowest BCUT2D eigenvalue weighted by atomic mass is 9.95. The fourth-order valence-corrected chi connectivity index (χ4v) is 5.85. The number of ether oxygens (including phenoxy) is 1. The van der Waals surface area contributed by atoms with Gasteiger partial charge in [-0.1, -0.05) is 11.6 Å². The fourth-order valence-electron chi connectivity index (χ4n) is 4.70. The lowest BCUT2D eigenvalue weighted by Gasteiger charge is -2.40. The van der Waals surface area contributed by atoms with E-state index in [9.17, 15) is 23.9 Å². The predicted molar refractivity (Wildman–Crippen MR) is 141 cm³/mol. The highest BCUT2D eigenvalue weighted by molar-refractivity contribution is 7.11. The van der Waals surface area contributed by atoms with Crippen molar-refractivity contribution in [1.29, 1.82) is 0 Å². The van der Waals surface area contributed by atoms with Crippen LogP contribution in [0.15, 0.2) is 18.2 Å². The van der Waals surface area contributed by atoms with Gasteiger partial charge >= 0.3 is 17.9 Å². The number of benzene rings is 1. The summed E-state index contributed by atoms with van der Waals surface area (Å²) in [5.41, 5.74) is 0.0713. The number of anilines is 1. The van der Waals surface area contributed by atoms with Crippen molar-refractivity contribution in [2.24, 2.45) is 5.92 Å². The topological polar surface area (TPSA) is 121 Å². The third kappa shape index (κ3) is 6.44. The summed E-state index contributed by atoms with van der Waals surface area (Å²) in [7, 11) is 0. The summed E-state index contributed by atoms with van der Waals surface area (Å²) in [6, 6.07) is 2.33. The van der Waals surface area contributed by atoms with Crippen molar-refractivity contribution in [2.45, 2.75) is 77.2 Å². The van der Waals surface area contributed by atoms with Gasteiger partial charge in [0.05, 0.1) is 28.2 Å². The van der Waals surface area contributed by atoms with Crippen LogP contribution in [0.1, 0.15) is 67.6 Å². The molecule has 1 aliphatic heterocycles. The zero-order valence-corrected chi connectivity index (χ0v) is 23.1. The molecule has 0 bridgehead atoms. The van der Waals surface area contributed by atoms with Gasteiger partial charge in [0.1, 0.15) is 22.5 Å². The van der Waals surface area contributed by atoms with Gasteiger partial charge in [0.25, 0.3) is 0 Å². The number of hydrogen-bond donors (Lipinski definition) is 3. The third-order valence-electron chi connectivity index (χ3n) is 7.07. The van der Waals surface area contributed by atoms with Crippen molar-refractivity contribution < 1.29 is 28.6 Å². The molecule has 1 saturated heterocycles. The number of nitrogens with zero attached hydrogens (tertiary/aromatic N) is 2. The minimum atomic E-state index is -1.01. The van der Waals surface area contributed by atoms with Crippen LogP contribution in [0.3, 0.4) is 0 Å². The van der Waals surface area contributed by atoms with Gasteiger partial charge in [-0.3, -0.25) is 9.59 Å². The maximum Gasteiger partial charge on any atom is 0.410 e. The first-order valence-corrected chi connectivity index (χ1v) is 13.8. The number of rotatable bonds is 7. The first kappa shape index (κ1) is 28.3. The molecule has 0 spiro atoms. The molecule has 2 aromatic rings. The van der Waals surface area contributed by atoms with Crippen LogP contribution >= 0.6 is 22.9 Å². The number of aromatic nitrogens is 1. The van der Waals surface area contributed by atoms with E-state index in [0.717, 1.165) is 31.7 Å². The molecular weight excluding hydrogens is 535 g/mol.